The van der Waals surface area contributed by atoms with E-state index in [-0.39, 0.29) is 5.56 Å². The standard InChI is InChI=1S/C16H11ClF3NOS/c1-15(22,16(18,19)20)10-2-4-21-13(7-10)12-8-11(17)6-9-3-5-23-14(9)12/h2-8,22H,1H3. The van der Waals surface area contributed by atoms with Crippen molar-refractivity contribution < 1.29 is 18.3 Å². The molecule has 3 rings (SSSR count). The summed E-state index contributed by atoms with van der Waals surface area (Å²) in [6.45, 7) is 0.727. The molecule has 2 heterocycles. The summed E-state index contributed by atoms with van der Waals surface area (Å²) < 4.78 is 40.0. The lowest BCUT2D eigenvalue weighted by molar-refractivity contribution is -0.258. The van der Waals surface area contributed by atoms with Crippen molar-refractivity contribution in [2.75, 3.05) is 0 Å². The number of aromatic nitrogens is 1. The maximum absolute atomic E-state index is 13.0. The number of pyridine rings is 1. The highest BCUT2D eigenvalue weighted by Gasteiger charge is 2.51. The molecule has 0 fully saturated rings. The largest absolute Gasteiger partial charge is 0.421 e. The van der Waals surface area contributed by atoms with Gasteiger partial charge in [-0.25, -0.2) is 0 Å². The van der Waals surface area contributed by atoms with Crippen LogP contribution >= 0.6 is 22.9 Å². The Morgan fingerprint density at radius 2 is 1.91 bits per heavy atom. The van der Waals surface area contributed by atoms with Crippen LogP contribution in [0.5, 0.6) is 0 Å². The second-order valence-electron chi connectivity index (χ2n) is 5.29. The van der Waals surface area contributed by atoms with Crippen LogP contribution in [0.25, 0.3) is 21.3 Å². The topological polar surface area (TPSA) is 33.1 Å². The van der Waals surface area contributed by atoms with Crippen molar-refractivity contribution in [3.8, 4) is 11.3 Å². The van der Waals surface area contributed by atoms with Gasteiger partial charge >= 0.3 is 6.18 Å². The number of thiophene rings is 1. The summed E-state index contributed by atoms with van der Waals surface area (Å²) in [5, 5.41) is 13.1. The number of aliphatic hydroxyl groups is 1. The molecular weight excluding hydrogens is 347 g/mol. The molecule has 0 aliphatic carbocycles. The fourth-order valence-electron chi connectivity index (χ4n) is 2.28. The Hall–Kier alpha value is -1.63. The predicted octanol–water partition coefficient (Wildman–Crippen LogP) is 5.39. The third-order valence-corrected chi connectivity index (χ3v) is 4.85. The van der Waals surface area contributed by atoms with Gasteiger partial charge in [0.25, 0.3) is 0 Å². The lowest BCUT2D eigenvalue weighted by Gasteiger charge is -2.26. The number of halogens is 4. The average Bonchev–Trinajstić information content (AvgIpc) is 2.93. The van der Waals surface area contributed by atoms with E-state index in [9.17, 15) is 18.3 Å². The van der Waals surface area contributed by atoms with Crippen molar-refractivity contribution in [1.29, 1.82) is 0 Å². The molecule has 0 radical (unpaired) electrons. The molecule has 120 valence electrons. The van der Waals surface area contributed by atoms with Gasteiger partial charge in [0.15, 0.2) is 5.60 Å². The summed E-state index contributed by atoms with van der Waals surface area (Å²) in [5.41, 5.74) is -2.23. The van der Waals surface area contributed by atoms with Gasteiger partial charge in [0.05, 0.1) is 5.69 Å². The highest BCUT2D eigenvalue weighted by Crippen LogP contribution is 2.40. The number of fused-ring (bicyclic) bond motifs is 1. The molecule has 2 nitrogen and oxygen atoms in total. The third-order valence-electron chi connectivity index (χ3n) is 3.67. The van der Waals surface area contributed by atoms with Crippen molar-refractivity contribution in [1.82, 2.24) is 4.98 Å². The van der Waals surface area contributed by atoms with Gasteiger partial charge in [-0.1, -0.05) is 11.6 Å². The molecule has 0 bridgehead atoms. The molecule has 1 unspecified atom stereocenters. The molecule has 0 saturated heterocycles. The van der Waals surface area contributed by atoms with Gasteiger partial charge in [0.2, 0.25) is 0 Å². The van der Waals surface area contributed by atoms with Crippen molar-refractivity contribution >= 4 is 33.0 Å². The van der Waals surface area contributed by atoms with E-state index in [1.807, 2.05) is 11.4 Å². The highest BCUT2D eigenvalue weighted by atomic mass is 35.5. The van der Waals surface area contributed by atoms with E-state index in [0.29, 0.717) is 16.3 Å². The first kappa shape index (κ1) is 16.2. The molecule has 7 heteroatoms. The van der Waals surface area contributed by atoms with E-state index < -0.39 is 11.8 Å². The summed E-state index contributed by atoms with van der Waals surface area (Å²) in [4.78, 5) is 4.15. The summed E-state index contributed by atoms with van der Waals surface area (Å²) in [7, 11) is 0. The molecule has 0 saturated carbocycles. The number of hydrogen-bond acceptors (Lipinski definition) is 3. The van der Waals surface area contributed by atoms with Crippen LogP contribution in [0.1, 0.15) is 12.5 Å². The van der Waals surface area contributed by atoms with Crippen LogP contribution in [-0.4, -0.2) is 16.3 Å². The Labute approximate surface area is 139 Å². The molecule has 1 aromatic carbocycles. The minimum absolute atomic E-state index is 0.264. The molecule has 2 aromatic heterocycles. The average molecular weight is 358 g/mol. The lowest BCUT2D eigenvalue weighted by Crippen LogP contribution is -2.39. The number of hydrogen-bond donors (Lipinski definition) is 1. The smallest absolute Gasteiger partial charge is 0.376 e. The first-order chi connectivity index (χ1) is 10.7. The number of rotatable bonds is 2. The zero-order valence-electron chi connectivity index (χ0n) is 11.9. The second kappa shape index (κ2) is 5.47. The molecule has 23 heavy (non-hydrogen) atoms. The number of nitrogens with zero attached hydrogens (tertiary/aromatic N) is 1. The van der Waals surface area contributed by atoms with Crippen LogP contribution in [0.15, 0.2) is 41.9 Å². The normalized spacial score (nSPS) is 14.9. The van der Waals surface area contributed by atoms with Gasteiger partial charge in [0, 0.05) is 21.5 Å². The fourth-order valence-corrected chi connectivity index (χ4v) is 3.41. The monoisotopic (exact) mass is 357 g/mol. The van der Waals surface area contributed by atoms with E-state index >= 15 is 0 Å². The van der Waals surface area contributed by atoms with E-state index in [0.717, 1.165) is 23.1 Å². The van der Waals surface area contributed by atoms with Gasteiger partial charge in [-0.15, -0.1) is 11.3 Å². The Bertz CT molecular complexity index is 873. The maximum Gasteiger partial charge on any atom is 0.421 e. The van der Waals surface area contributed by atoms with Crippen LogP contribution in [0.2, 0.25) is 5.02 Å². The van der Waals surface area contributed by atoms with Crippen molar-refractivity contribution in [3.05, 3.63) is 52.5 Å². The third kappa shape index (κ3) is 2.82. The second-order valence-corrected chi connectivity index (χ2v) is 6.64. The van der Waals surface area contributed by atoms with Crippen LogP contribution in [-0.2, 0) is 5.60 Å². The van der Waals surface area contributed by atoms with Crippen molar-refractivity contribution in [3.63, 3.8) is 0 Å². The minimum atomic E-state index is -4.78. The Morgan fingerprint density at radius 3 is 2.61 bits per heavy atom. The molecule has 0 aliphatic rings. The summed E-state index contributed by atoms with van der Waals surface area (Å²) in [5.74, 6) is 0. The maximum atomic E-state index is 13.0. The Kier molecular flexibility index (Phi) is 3.86. The first-order valence-corrected chi connectivity index (χ1v) is 7.88. The van der Waals surface area contributed by atoms with E-state index in [2.05, 4.69) is 4.98 Å². The van der Waals surface area contributed by atoms with Gasteiger partial charge in [-0.3, -0.25) is 4.98 Å². The fraction of sp³-hybridized carbons (Fsp3) is 0.188. The van der Waals surface area contributed by atoms with E-state index in [4.69, 9.17) is 11.6 Å². The van der Waals surface area contributed by atoms with Gasteiger partial charge in [-0.05, 0) is 53.6 Å². The van der Waals surface area contributed by atoms with E-state index in [1.165, 1.54) is 23.6 Å². The van der Waals surface area contributed by atoms with Crippen LogP contribution < -0.4 is 0 Å². The molecule has 0 spiro atoms. The van der Waals surface area contributed by atoms with Crippen LogP contribution in [0.3, 0.4) is 0 Å². The highest BCUT2D eigenvalue weighted by molar-refractivity contribution is 7.17. The van der Waals surface area contributed by atoms with Gasteiger partial charge in [0.1, 0.15) is 0 Å². The summed E-state index contributed by atoms with van der Waals surface area (Å²) in [6.07, 6.45) is -3.52. The molecule has 1 atom stereocenters. The Balaban J connectivity index is 2.18. The molecule has 0 amide bonds. The number of alkyl halides is 3. The molecule has 0 aliphatic heterocycles. The quantitative estimate of drug-likeness (QED) is 0.667. The molecule has 3 aromatic rings. The SMILES string of the molecule is CC(O)(c1ccnc(-c2cc(Cl)cc3ccsc23)c1)C(F)(F)F. The van der Waals surface area contributed by atoms with Crippen LogP contribution in [0.4, 0.5) is 13.2 Å². The molecule has 1 N–H and O–H groups in total. The first-order valence-electron chi connectivity index (χ1n) is 6.63. The predicted molar refractivity (Wildman–Crippen MR) is 85.7 cm³/mol. The van der Waals surface area contributed by atoms with Crippen molar-refractivity contribution in [2.24, 2.45) is 0 Å². The Morgan fingerprint density at radius 1 is 1.17 bits per heavy atom. The zero-order valence-corrected chi connectivity index (χ0v) is 13.4. The molecular formula is C16H11ClF3NOS. The van der Waals surface area contributed by atoms with Crippen molar-refractivity contribution in [2.45, 2.75) is 18.7 Å². The van der Waals surface area contributed by atoms with Gasteiger partial charge in [-0.2, -0.15) is 13.2 Å². The van der Waals surface area contributed by atoms with Crippen LogP contribution in [0, 0.1) is 0 Å². The summed E-state index contributed by atoms with van der Waals surface area (Å²) in [6, 6.07) is 7.73. The summed E-state index contributed by atoms with van der Waals surface area (Å²) >= 11 is 7.53. The number of benzene rings is 1. The minimum Gasteiger partial charge on any atom is -0.376 e. The zero-order chi connectivity index (χ0) is 16.8. The lowest BCUT2D eigenvalue weighted by atomic mass is 9.94. The van der Waals surface area contributed by atoms with Gasteiger partial charge < -0.3 is 5.11 Å². The van der Waals surface area contributed by atoms with E-state index in [1.54, 1.807) is 12.1 Å².